The minimum absolute atomic E-state index is 0.159. The summed E-state index contributed by atoms with van der Waals surface area (Å²) in [6, 6.07) is 4.30. The number of aryl methyl sites for hydroxylation is 1. The van der Waals surface area contributed by atoms with Crippen molar-refractivity contribution in [1.82, 2.24) is 14.5 Å². The number of rotatable bonds is 4. The van der Waals surface area contributed by atoms with Crippen LogP contribution in [0.3, 0.4) is 0 Å². The summed E-state index contributed by atoms with van der Waals surface area (Å²) < 4.78 is 2.21. The van der Waals surface area contributed by atoms with Crippen molar-refractivity contribution < 1.29 is 0 Å². The Balaban J connectivity index is 2.40. The molecule has 2 N–H and O–H groups in total. The number of nitrogens with two attached hydrogens (primary N) is 1. The molecule has 2 rings (SSSR count). The van der Waals surface area contributed by atoms with E-state index < -0.39 is 0 Å². The number of nitrogens with zero attached hydrogens (tertiary/aromatic N) is 3. The van der Waals surface area contributed by atoms with Crippen molar-refractivity contribution in [2.45, 2.75) is 52.1 Å². The van der Waals surface area contributed by atoms with Gasteiger partial charge in [-0.15, -0.1) is 0 Å². The zero-order valence-corrected chi connectivity index (χ0v) is 11.6. The van der Waals surface area contributed by atoms with Gasteiger partial charge in [0.05, 0.1) is 0 Å². The van der Waals surface area contributed by atoms with Crippen molar-refractivity contribution >= 4 is 11.2 Å². The van der Waals surface area contributed by atoms with Crippen molar-refractivity contribution in [1.29, 1.82) is 0 Å². The molecule has 0 spiro atoms. The zero-order chi connectivity index (χ0) is 13.3. The maximum atomic E-state index is 6.05. The molecule has 0 aliphatic heterocycles. The SMILES string of the molecule is CC(C)n1c(CCC(C)(C)N)nc2cccnc21. The number of pyridine rings is 1. The lowest BCUT2D eigenvalue weighted by molar-refractivity contribution is 0.459. The lowest BCUT2D eigenvalue weighted by Gasteiger charge is -2.19. The van der Waals surface area contributed by atoms with Crippen molar-refractivity contribution in [3.05, 3.63) is 24.2 Å². The van der Waals surface area contributed by atoms with Crippen molar-refractivity contribution in [3.63, 3.8) is 0 Å². The summed E-state index contributed by atoms with van der Waals surface area (Å²) in [5.41, 5.74) is 7.83. The maximum Gasteiger partial charge on any atom is 0.160 e. The van der Waals surface area contributed by atoms with Gasteiger partial charge < -0.3 is 10.3 Å². The van der Waals surface area contributed by atoms with Crippen molar-refractivity contribution in [2.24, 2.45) is 5.73 Å². The predicted octanol–water partition coefficient (Wildman–Crippen LogP) is 2.68. The quantitative estimate of drug-likeness (QED) is 0.902. The Bertz CT molecular complexity index is 534. The average molecular weight is 246 g/mol. The Kier molecular flexibility index (Phi) is 3.39. The van der Waals surface area contributed by atoms with Crippen LogP contribution in [-0.2, 0) is 6.42 Å². The van der Waals surface area contributed by atoms with E-state index in [1.54, 1.807) is 0 Å². The van der Waals surface area contributed by atoms with Crippen LogP contribution in [0.5, 0.6) is 0 Å². The fourth-order valence-electron chi connectivity index (χ4n) is 2.13. The molecule has 0 saturated heterocycles. The molecule has 0 atom stereocenters. The van der Waals surface area contributed by atoms with E-state index in [-0.39, 0.29) is 5.54 Å². The molecule has 0 aliphatic rings. The van der Waals surface area contributed by atoms with E-state index in [1.807, 2.05) is 32.2 Å². The van der Waals surface area contributed by atoms with Crippen molar-refractivity contribution in [2.75, 3.05) is 0 Å². The molecular weight excluding hydrogens is 224 g/mol. The molecule has 98 valence electrons. The van der Waals surface area contributed by atoms with E-state index in [0.717, 1.165) is 29.8 Å². The summed E-state index contributed by atoms with van der Waals surface area (Å²) in [5.74, 6) is 1.08. The van der Waals surface area contributed by atoms with Crippen LogP contribution in [0.4, 0.5) is 0 Å². The van der Waals surface area contributed by atoms with E-state index in [9.17, 15) is 0 Å². The summed E-state index contributed by atoms with van der Waals surface area (Å²) in [4.78, 5) is 9.12. The molecule has 2 heterocycles. The summed E-state index contributed by atoms with van der Waals surface area (Å²) in [5, 5.41) is 0. The zero-order valence-electron chi connectivity index (χ0n) is 11.6. The largest absolute Gasteiger partial charge is 0.326 e. The highest BCUT2D eigenvalue weighted by Crippen LogP contribution is 2.21. The molecule has 0 bridgehead atoms. The third-order valence-electron chi connectivity index (χ3n) is 3.03. The summed E-state index contributed by atoms with van der Waals surface area (Å²) in [7, 11) is 0. The van der Waals surface area contributed by atoms with Crippen LogP contribution < -0.4 is 5.73 Å². The Morgan fingerprint density at radius 2 is 2.11 bits per heavy atom. The van der Waals surface area contributed by atoms with Gasteiger partial charge in [-0.1, -0.05) is 0 Å². The van der Waals surface area contributed by atoms with Gasteiger partial charge in [-0.05, 0) is 46.2 Å². The van der Waals surface area contributed by atoms with Crippen LogP contribution in [-0.4, -0.2) is 20.1 Å². The first kappa shape index (κ1) is 13.0. The molecule has 0 aromatic carbocycles. The van der Waals surface area contributed by atoms with Gasteiger partial charge in [-0.25, -0.2) is 9.97 Å². The topological polar surface area (TPSA) is 56.7 Å². The Morgan fingerprint density at radius 1 is 1.39 bits per heavy atom. The summed E-state index contributed by atoms with van der Waals surface area (Å²) >= 11 is 0. The molecule has 2 aromatic heterocycles. The molecule has 0 radical (unpaired) electrons. The average Bonchev–Trinajstić information content (AvgIpc) is 2.63. The highest BCUT2D eigenvalue weighted by atomic mass is 15.1. The second-order valence-electron chi connectivity index (χ2n) is 5.83. The van der Waals surface area contributed by atoms with Crippen LogP contribution in [0.25, 0.3) is 11.2 Å². The summed E-state index contributed by atoms with van der Waals surface area (Å²) in [6.07, 6.45) is 3.63. The molecule has 18 heavy (non-hydrogen) atoms. The number of imidazole rings is 1. The monoisotopic (exact) mass is 246 g/mol. The first-order valence-electron chi connectivity index (χ1n) is 6.49. The van der Waals surface area contributed by atoms with Gasteiger partial charge in [0, 0.05) is 24.2 Å². The predicted molar refractivity (Wildman–Crippen MR) is 74.5 cm³/mol. The number of hydrogen-bond donors (Lipinski definition) is 1. The molecular formula is C14H22N4. The van der Waals surface area contributed by atoms with Crippen molar-refractivity contribution in [3.8, 4) is 0 Å². The van der Waals surface area contributed by atoms with Crippen LogP contribution in [0.2, 0.25) is 0 Å². The Morgan fingerprint density at radius 3 is 2.72 bits per heavy atom. The van der Waals surface area contributed by atoms with Gasteiger partial charge in [-0.2, -0.15) is 0 Å². The molecule has 4 nitrogen and oxygen atoms in total. The minimum Gasteiger partial charge on any atom is -0.326 e. The third kappa shape index (κ3) is 2.70. The van der Waals surface area contributed by atoms with E-state index in [4.69, 9.17) is 5.73 Å². The van der Waals surface area contributed by atoms with Gasteiger partial charge in [-0.3, -0.25) is 0 Å². The second-order valence-corrected chi connectivity index (χ2v) is 5.83. The van der Waals surface area contributed by atoms with Gasteiger partial charge in [0.1, 0.15) is 11.3 Å². The molecule has 4 heteroatoms. The Hall–Kier alpha value is -1.42. The van der Waals surface area contributed by atoms with Crippen LogP contribution >= 0.6 is 0 Å². The Labute approximate surface area is 108 Å². The summed E-state index contributed by atoms with van der Waals surface area (Å²) in [6.45, 7) is 8.42. The lowest BCUT2D eigenvalue weighted by Crippen LogP contribution is -2.32. The van der Waals surface area contributed by atoms with Gasteiger partial charge in [0.15, 0.2) is 5.65 Å². The normalized spacial score (nSPS) is 12.6. The molecule has 2 aromatic rings. The van der Waals surface area contributed by atoms with E-state index >= 15 is 0 Å². The lowest BCUT2D eigenvalue weighted by atomic mass is 10.00. The molecule has 0 saturated carbocycles. The highest BCUT2D eigenvalue weighted by Gasteiger charge is 2.17. The van der Waals surface area contributed by atoms with Gasteiger partial charge in [0.2, 0.25) is 0 Å². The molecule has 0 fully saturated rings. The van der Waals surface area contributed by atoms with E-state index in [0.29, 0.717) is 6.04 Å². The van der Waals surface area contributed by atoms with Gasteiger partial charge >= 0.3 is 0 Å². The third-order valence-corrected chi connectivity index (χ3v) is 3.03. The van der Waals surface area contributed by atoms with Crippen LogP contribution in [0.15, 0.2) is 18.3 Å². The fraction of sp³-hybridized carbons (Fsp3) is 0.571. The maximum absolute atomic E-state index is 6.05. The molecule has 0 unspecified atom stereocenters. The van der Waals surface area contributed by atoms with Gasteiger partial charge in [0.25, 0.3) is 0 Å². The number of hydrogen-bond acceptors (Lipinski definition) is 3. The first-order chi connectivity index (χ1) is 8.38. The first-order valence-corrected chi connectivity index (χ1v) is 6.49. The minimum atomic E-state index is -0.159. The smallest absolute Gasteiger partial charge is 0.160 e. The molecule has 0 amide bonds. The highest BCUT2D eigenvalue weighted by molar-refractivity contribution is 5.71. The van der Waals surface area contributed by atoms with Crippen LogP contribution in [0.1, 0.15) is 46.0 Å². The number of aromatic nitrogens is 3. The molecule has 0 aliphatic carbocycles. The standard InChI is InChI=1S/C14H22N4/c1-10(2)18-12(7-8-14(3,4)15)17-11-6-5-9-16-13(11)18/h5-6,9-10H,7-8,15H2,1-4H3. The van der Waals surface area contributed by atoms with E-state index in [1.165, 1.54) is 0 Å². The fourth-order valence-corrected chi connectivity index (χ4v) is 2.13. The van der Waals surface area contributed by atoms with E-state index in [2.05, 4.69) is 28.4 Å². The second kappa shape index (κ2) is 4.69. The number of fused-ring (bicyclic) bond motifs is 1. The van der Waals surface area contributed by atoms with Crippen LogP contribution in [0, 0.1) is 0 Å².